The summed E-state index contributed by atoms with van der Waals surface area (Å²) < 4.78 is 5.29. The number of rotatable bonds is 6. The standard InChI is InChI=1S/C16H27N3O3/c1-10(2)13(20)9-14(21)17-11(3)16-18-15(19-22-16)12-7-5-4-6-8-12/h10-13,20H,4-9H2,1-3H3,(H,17,21). The Kier molecular flexibility index (Phi) is 5.94. The van der Waals surface area contributed by atoms with Crippen molar-refractivity contribution < 1.29 is 14.4 Å². The van der Waals surface area contributed by atoms with Crippen molar-refractivity contribution in [2.24, 2.45) is 5.92 Å². The summed E-state index contributed by atoms with van der Waals surface area (Å²) >= 11 is 0. The molecule has 0 saturated heterocycles. The molecular formula is C16H27N3O3. The van der Waals surface area contributed by atoms with Gasteiger partial charge < -0.3 is 14.9 Å². The second-order valence-corrected chi connectivity index (χ2v) is 6.63. The van der Waals surface area contributed by atoms with Crippen molar-refractivity contribution in [2.75, 3.05) is 0 Å². The number of nitrogens with one attached hydrogen (secondary N) is 1. The zero-order chi connectivity index (χ0) is 16.1. The van der Waals surface area contributed by atoms with Gasteiger partial charge in [-0.3, -0.25) is 4.79 Å². The van der Waals surface area contributed by atoms with Crippen LogP contribution in [0.3, 0.4) is 0 Å². The minimum atomic E-state index is -0.632. The van der Waals surface area contributed by atoms with E-state index in [2.05, 4.69) is 15.5 Å². The Morgan fingerprint density at radius 1 is 1.32 bits per heavy atom. The summed E-state index contributed by atoms with van der Waals surface area (Å²) in [5, 5.41) is 16.6. The molecule has 0 radical (unpaired) electrons. The predicted octanol–water partition coefficient (Wildman–Crippen LogP) is 2.70. The molecule has 1 heterocycles. The molecule has 2 rings (SSSR count). The third-order valence-electron chi connectivity index (χ3n) is 4.34. The molecule has 1 saturated carbocycles. The normalized spacial score (nSPS) is 19.1. The van der Waals surface area contributed by atoms with Crippen LogP contribution >= 0.6 is 0 Å². The summed E-state index contributed by atoms with van der Waals surface area (Å²) in [5.41, 5.74) is 0. The van der Waals surface area contributed by atoms with Gasteiger partial charge in [0.2, 0.25) is 11.8 Å². The molecule has 2 unspecified atom stereocenters. The van der Waals surface area contributed by atoms with Crippen molar-refractivity contribution in [3.8, 4) is 0 Å². The van der Waals surface area contributed by atoms with Gasteiger partial charge in [0.1, 0.15) is 6.04 Å². The van der Waals surface area contributed by atoms with Crippen LogP contribution in [-0.4, -0.2) is 27.3 Å². The summed E-state index contributed by atoms with van der Waals surface area (Å²) in [6.45, 7) is 5.59. The number of amides is 1. The van der Waals surface area contributed by atoms with Gasteiger partial charge >= 0.3 is 0 Å². The van der Waals surface area contributed by atoms with E-state index in [9.17, 15) is 9.90 Å². The first kappa shape index (κ1) is 16.9. The van der Waals surface area contributed by atoms with E-state index in [0.717, 1.165) is 18.7 Å². The fourth-order valence-electron chi connectivity index (χ4n) is 2.74. The number of hydrogen-bond acceptors (Lipinski definition) is 5. The maximum absolute atomic E-state index is 11.9. The second-order valence-electron chi connectivity index (χ2n) is 6.63. The molecule has 1 aromatic rings. The first-order chi connectivity index (χ1) is 10.5. The Hall–Kier alpha value is -1.43. The maximum Gasteiger partial charge on any atom is 0.248 e. The number of carbonyl (C=O) groups is 1. The molecule has 1 fully saturated rings. The first-order valence-corrected chi connectivity index (χ1v) is 8.28. The van der Waals surface area contributed by atoms with Gasteiger partial charge in [-0.15, -0.1) is 0 Å². The van der Waals surface area contributed by atoms with Gasteiger partial charge in [-0.1, -0.05) is 38.3 Å². The van der Waals surface area contributed by atoms with E-state index < -0.39 is 6.10 Å². The Morgan fingerprint density at radius 2 is 2.00 bits per heavy atom. The zero-order valence-corrected chi connectivity index (χ0v) is 13.7. The van der Waals surface area contributed by atoms with Crippen LogP contribution in [0, 0.1) is 5.92 Å². The summed E-state index contributed by atoms with van der Waals surface area (Å²) in [4.78, 5) is 16.3. The lowest BCUT2D eigenvalue weighted by molar-refractivity contribution is -0.124. The fraction of sp³-hybridized carbons (Fsp3) is 0.812. The van der Waals surface area contributed by atoms with E-state index in [1.54, 1.807) is 0 Å². The van der Waals surface area contributed by atoms with Crippen molar-refractivity contribution in [2.45, 2.75) is 77.4 Å². The highest BCUT2D eigenvalue weighted by atomic mass is 16.5. The van der Waals surface area contributed by atoms with Crippen LogP contribution in [0.25, 0.3) is 0 Å². The SMILES string of the molecule is CC(NC(=O)CC(O)C(C)C)c1nc(C2CCCCC2)no1. The minimum Gasteiger partial charge on any atom is -0.392 e. The van der Waals surface area contributed by atoms with E-state index in [4.69, 9.17) is 4.52 Å². The highest BCUT2D eigenvalue weighted by Gasteiger charge is 2.24. The molecule has 0 aliphatic heterocycles. The van der Waals surface area contributed by atoms with Gasteiger partial charge in [0.25, 0.3) is 0 Å². The molecule has 0 spiro atoms. The van der Waals surface area contributed by atoms with E-state index >= 15 is 0 Å². The van der Waals surface area contributed by atoms with Gasteiger partial charge in [-0.2, -0.15) is 4.98 Å². The number of nitrogens with zero attached hydrogens (tertiary/aromatic N) is 2. The Labute approximate surface area is 131 Å². The van der Waals surface area contributed by atoms with Crippen LogP contribution < -0.4 is 5.32 Å². The summed E-state index contributed by atoms with van der Waals surface area (Å²) in [5.74, 6) is 1.44. The molecule has 124 valence electrons. The fourth-order valence-corrected chi connectivity index (χ4v) is 2.74. The lowest BCUT2D eigenvalue weighted by Gasteiger charge is -2.17. The van der Waals surface area contributed by atoms with E-state index in [0.29, 0.717) is 11.8 Å². The highest BCUT2D eigenvalue weighted by Crippen LogP contribution is 2.31. The summed E-state index contributed by atoms with van der Waals surface area (Å²) in [6.07, 6.45) is 5.40. The monoisotopic (exact) mass is 309 g/mol. The number of hydrogen-bond donors (Lipinski definition) is 2. The Balaban J connectivity index is 1.88. The Bertz CT molecular complexity index is 481. The molecule has 6 heteroatoms. The van der Waals surface area contributed by atoms with E-state index in [1.165, 1.54) is 19.3 Å². The lowest BCUT2D eigenvalue weighted by Crippen LogP contribution is -2.31. The average Bonchev–Trinajstić information content (AvgIpc) is 2.97. The topological polar surface area (TPSA) is 88.2 Å². The number of carbonyl (C=O) groups excluding carboxylic acids is 1. The molecule has 2 N–H and O–H groups in total. The molecule has 0 aromatic carbocycles. The molecule has 1 aliphatic carbocycles. The third kappa shape index (κ3) is 4.53. The molecule has 0 bridgehead atoms. The number of aliphatic hydroxyl groups excluding tert-OH is 1. The van der Waals surface area contributed by atoms with Gasteiger partial charge in [0.15, 0.2) is 5.82 Å². The van der Waals surface area contributed by atoms with E-state index in [1.807, 2.05) is 20.8 Å². The van der Waals surface area contributed by atoms with Crippen LogP contribution in [0.2, 0.25) is 0 Å². The molecule has 6 nitrogen and oxygen atoms in total. The average molecular weight is 309 g/mol. The quantitative estimate of drug-likeness (QED) is 0.843. The molecule has 22 heavy (non-hydrogen) atoms. The summed E-state index contributed by atoms with van der Waals surface area (Å²) in [7, 11) is 0. The number of aromatic nitrogens is 2. The van der Waals surface area contributed by atoms with Gasteiger partial charge in [0, 0.05) is 5.92 Å². The van der Waals surface area contributed by atoms with Crippen LogP contribution in [0.1, 0.15) is 83.0 Å². The van der Waals surface area contributed by atoms with Gasteiger partial charge in [-0.05, 0) is 25.7 Å². The first-order valence-electron chi connectivity index (χ1n) is 8.28. The van der Waals surface area contributed by atoms with Crippen LogP contribution in [0.15, 0.2) is 4.52 Å². The van der Waals surface area contributed by atoms with Gasteiger partial charge in [0.05, 0.1) is 12.5 Å². The highest BCUT2D eigenvalue weighted by molar-refractivity contribution is 5.76. The van der Waals surface area contributed by atoms with Crippen molar-refractivity contribution in [1.29, 1.82) is 0 Å². The zero-order valence-electron chi connectivity index (χ0n) is 13.7. The van der Waals surface area contributed by atoms with Crippen molar-refractivity contribution >= 4 is 5.91 Å². The number of aliphatic hydroxyl groups is 1. The van der Waals surface area contributed by atoms with Crippen LogP contribution in [-0.2, 0) is 4.79 Å². The van der Waals surface area contributed by atoms with Crippen molar-refractivity contribution in [3.05, 3.63) is 11.7 Å². The van der Waals surface area contributed by atoms with E-state index in [-0.39, 0.29) is 24.3 Å². The van der Waals surface area contributed by atoms with Crippen molar-refractivity contribution in [1.82, 2.24) is 15.5 Å². The molecule has 2 atom stereocenters. The van der Waals surface area contributed by atoms with Gasteiger partial charge in [-0.25, -0.2) is 0 Å². The molecule has 1 amide bonds. The largest absolute Gasteiger partial charge is 0.392 e. The molecule has 1 aliphatic rings. The smallest absolute Gasteiger partial charge is 0.248 e. The Morgan fingerprint density at radius 3 is 2.64 bits per heavy atom. The lowest BCUT2D eigenvalue weighted by atomic mass is 9.89. The molecular weight excluding hydrogens is 282 g/mol. The summed E-state index contributed by atoms with van der Waals surface area (Å²) in [6, 6.07) is -0.336. The molecule has 1 aromatic heterocycles. The van der Waals surface area contributed by atoms with Crippen molar-refractivity contribution in [3.63, 3.8) is 0 Å². The predicted molar refractivity (Wildman–Crippen MR) is 82.1 cm³/mol. The maximum atomic E-state index is 11.9. The van der Waals surface area contributed by atoms with Crippen LogP contribution in [0.4, 0.5) is 0 Å². The minimum absolute atomic E-state index is 0.0577. The van der Waals surface area contributed by atoms with Crippen LogP contribution in [0.5, 0.6) is 0 Å². The second kappa shape index (κ2) is 7.72. The third-order valence-corrected chi connectivity index (χ3v) is 4.34.